The number of rotatable bonds is 7. The van der Waals surface area contributed by atoms with Crippen LogP contribution < -0.4 is 20.9 Å². The van der Waals surface area contributed by atoms with Crippen molar-refractivity contribution in [2.24, 2.45) is 4.99 Å². The highest BCUT2D eigenvalue weighted by molar-refractivity contribution is 14.0. The molecule has 1 fully saturated rings. The first-order chi connectivity index (χ1) is 13.4. The average Bonchev–Trinajstić information content (AvgIpc) is 3.17. The number of carbonyl (C=O) groups is 1. The fourth-order valence-corrected chi connectivity index (χ4v) is 2.82. The van der Waals surface area contributed by atoms with Crippen molar-refractivity contribution in [2.45, 2.75) is 52.7 Å². The van der Waals surface area contributed by atoms with Crippen LogP contribution >= 0.6 is 24.0 Å². The highest BCUT2D eigenvalue weighted by atomic mass is 127. The fraction of sp³-hybridized carbons (Fsp3) is 0.650. The minimum absolute atomic E-state index is 0. The van der Waals surface area contributed by atoms with E-state index in [4.69, 9.17) is 4.74 Å². The lowest BCUT2D eigenvalue weighted by Gasteiger charge is -2.20. The van der Waals surface area contributed by atoms with Gasteiger partial charge in [-0.2, -0.15) is 0 Å². The summed E-state index contributed by atoms with van der Waals surface area (Å²) in [5, 5.41) is 9.13. The van der Waals surface area contributed by atoms with Crippen molar-refractivity contribution < 1.29 is 9.53 Å². The molecule has 0 aromatic carbocycles. The van der Waals surface area contributed by atoms with E-state index in [9.17, 15) is 4.79 Å². The van der Waals surface area contributed by atoms with Gasteiger partial charge in [0.1, 0.15) is 11.4 Å². The van der Waals surface area contributed by atoms with Gasteiger partial charge in [-0.05, 0) is 52.2 Å². The van der Waals surface area contributed by atoms with Gasteiger partial charge in [0, 0.05) is 38.9 Å². The third-order valence-electron chi connectivity index (χ3n) is 4.09. The molecule has 9 heteroatoms. The Morgan fingerprint density at radius 3 is 2.45 bits per heavy atom. The predicted octanol–water partition coefficient (Wildman–Crippen LogP) is 2.88. The molecule has 1 aromatic heterocycles. The lowest BCUT2D eigenvalue weighted by molar-refractivity contribution is 0.0529. The molecule has 0 atom stereocenters. The third kappa shape index (κ3) is 10.00. The third-order valence-corrected chi connectivity index (χ3v) is 4.09. The minimum atomic E-state index is -0.494. The number of hydrogen-bond acceptors (Lipinski definition) is 5. The van der Waals surface area contributed by atoms with Crippen molar-refractivity contribution in [1.29, 1.82) is 0 Å². The van der Waals surface area contributed by atoms with E-state index in [-0.39, 0.29) is 24.0 Å². The number of halogens is 1. The van der Waals surface area contributed by atoms with E-state index in [1.807, 2.05) is 33.9 Å². The summed E-state index contributed by atoms with van der Waals surface area (Å²) in [5.41, 5.74) is 0.568. The number of carbonyl (C=O) groups excluding carboxylic acids is 1. The molecule has 1 aromatic rings. The van der Waals surface area contributed by atoms with Gasteiger partial charge in [0.15, 0.2) is 5.96 Å². The molecule has 0 bridgehead atoms. The standard InChI is InChI=1S/C20H34N6O2.HI/c1-5-21-18(22-10-11-23-19(27)28-20(2,3)4)25-15-16-8-9-17(24-14-16)26-12-6-7-13-26;/h8-9,14H,5-7,10-13,15H2,1-4H3,(H,23,27)(H2,21,22,25);1H. The highest BCUT2D eigenvalue weighted by Crippen LogP contribution is 2.17. The first-order valence-electron chi connectivity index (χ1n) is 10.1. The lowest BCUT2D eigenvalue weighted by atomic mass is 10.2. The number of aliphatic imine (C=N–C) groups is 1. The Morgan fingerprint density at radius 2 is 1.86 bits per heavy atom. The van der Waals surface area contributed by atoms with Gasteiger partial charge in [-0.1, -0.05) is 6.07 Å². The molecule has 29 heavy (non-hydrogen) atoms. The Bertz CT molecular complexity index is 639. The van der Waals surface area contributed by atoms with E-state index >= 15 is 0 Å². The number of guanidine groups is 1. The number of alkyl carbamates (subject to hydrolysis) is 1. The average molecular weight is 518 g/mol. The van der Waals surface area contributed by atoms with Crippen LogP contribution in [0, 0.1) is 0 Å². The molecule has 2 heterocycles. The number of hydrogen-bond donors (Lipinski definition) is 3. The number of ether oxygens (including phenoxy) is 1. The maximum Gasteiger partial charge on any atom is 0.407 e. The first kappa shape index (κ1) is 25.3. The molecule has 1 amide bonds. The molecule has 164 valence electrons. The summed E-state index contributed by atoms with van der Waals surface area (Å²) in [7, 11) is 0. The van der Waals surface area contributed by atoms with Crippen LogP contribution in [0.3, 0.4) is 0 Å². The zero-order valence-corrected chi connectivity index (χ0v) is 20.3. The van der Waals surface area contributed by atoms with Gasteiger partial charge < -0.3 is 25.6 Å². The maximum absolute atomic E-state index is 11.6. The summed E-state index contributed by atoms with van der Waals surface area (Å²) >= 11 is 0. The molecule has 2 rings (SSSR count). The predicted molar refractivity (Wildman–Crippen MR) is 128 cm³/mol. The molecular weight excluding hydrogens is 483 g/mol. The number of anilines is 1. The summed E-state index contributed by atoms with van der Waals surface area (Å²) in [6, 6.07) is 4.15. The van der Waals surface area contributed by atoms with Crippen LogP contribution in [0.2, 0.25) is 0 Å². The van der Waals surface area contributed by atoms with Gasteiger partial charge in [0.2, 0.25) is 0 Å². The second-order valence-electron chi connectivity index (χ2n) is 7.77. The Kier molecular flexibility index (Phi) is 11.1. The van der Waals surface area contributed by atoms with Crippen molar-refractivity contribution in [3.8, 4) is 0 Å². The Balaban J connectivity index is 0.00000420. The van der Waals surface area contributed by atoms with E-state index in [1.165, 1.54) is 12.8 Å². The van der Waals surface area contributed by atoms with E-state index in [2.05, 4.69) is 43.0 Å². The van der Waals surface area contributed by atoms with Crippen LogP contribution in [0.4, 0.5) is 10.6 Å². The summed E-state index contributed by atoms with van der Waals surface area (Å²) in [6.07, 6.45) is 3.97. The van der Waals surface area contributed by atoms with Crippen LogP contribution in [-0.4, -0.2) is 55.4 Å². The molecule has 0 unspecified atom stereocenters. The summed E-state index contributed by atoms with van der Waals surface area (Å²) in [4.78, 5) is 23.1. The van der Waals surface area contributed by atoms with Gasteiger partial charge in [0.05, 0.1) is 6.54 Å². The molecule has 0 aliphatic carbocycles. The Hall–Kier alpha value is -1.78. The minimum Gasteiger partial charge on any atom is -0.444 e. The van der Waals surface area contributed by atoms with Crippen LogP contribution in [0.5, 0.6) is 0 Å². The number of aromatic nitrogens is 1. The molecule has 3 N–H and O–H groups in total. The Morgan fingerprint density at radius 1 is 1.17 bits per heavy atom. The molecule has 0 radical (unpaired) electrons. The van der Waals surface area contributed by atoms with Crippen molar-refractivity contribution in [3.05, 3.63) is 23.9 Å². The lowest BCUT2D eigenvalue weighted by Crippen LogP contribution is -2.42. The van der Waals surface area contributed by atoms with E-state index in [0.29, 0.717) is 25.6 Å². The van der Waals surface area contributed by atoms with Crippen molar-refractivity contribution in [3.63, 3.8) is 0 Å². The molecule has 1 aliphatic heterocycles. The SMILES string of the molecule is CCNC(=NCc1ccc(N2CCCC2)nc1)NCCNC(=O)OC(C)(C)C.I. The van der Waals surface area contributed by atoms with Gasteiger partial charge in [-0.15, -0.1) is 24.0 Å². The van der Waals surface area contributed by atoms with Gasteiger partial charge in [0.25, 0.3) is 0 Å². The highest BCUT2D eigenvalue weighted by Gasteiger charge is 2.15. The Labute approximate surface area is 191 Å². The largest absolute Gasteiger partial charge is 0.444 e. The summed E-state index contributed by atoms with van der Waals surface area (Å²) in [6.45, 7) is 12.0. The molecule has 1 aliphatic rings. The molecule has 8 nitrogen and oxygen atoms in total. The zero-order valence-electron chi connectivity index (χ0n) is 18.0. The number of pyridine rings is 1. The van der Waals surface area contributed by atoms with Gasteiger partial charge >= 0.3 is 6.09 Å². The topological polar surface area (TPSA) is 90.9 Å². The second-order valence-corrected chi connectivity index (χ2v) is 7.77. The smallest absolute Gasteiger partial charge is 0.407 e. The van der Waals surface area contributed by atoms with Crippen LogP contribution in [-0.2, 0) is 11.3 Å². The fourth-order valence-electron chi connectivity index (χ4n) is 2.82. The molecular formula is C20H35IN6O2. The second kappa shape index (κ2) is 12.7. The van der Waals surface area contributed by atoms with Gasteiger partial charge in [-0.25, -0.2) is 14.8 Å². The first-order valence-corrected chi connectivity index (χ1v) is 10.1. The van der Waals surface area contributed by atoms with Crippen LogP contribution in [0.15, 0.2) is 23.3 Å². The van der Waals surface area contributed by atoms with Gasteiger partial charge in [-0.3, -0.25) is 0 Å². The van der Waals surface area contributed by atoms with E-state index in [0.717, 1.165) is 31.0 Å². The number of nitrogens with one attached hydrogen (secondary N) is 3. The van der Waals surface area contributed by atoms with E-state index < -0.39 is 11.7 Å². The zero-order chi connectivity index (χ0) is 20.4. The number of nitrogens with zero attached hydrogens (tertiary/aromatic N) is 3. The monoisotopic (exact) mass is 518 g/mol. The molecule has 0 spiro atoms. The summed E-state index contributed by atoms with van der Waals surface area (Å²) in [5.74, 6) is 1.75. The van der Waals surface area contributed by atoms with Crippen LogP contribution in [0.25, 0.3) is 0 Å². The summed E-state index contributed by atoms with van der Waals surface area (Å²) < 4.78 is 5.21. The molecule has 0 saturated carbocycles. The van der Waals surface area contributed by atoms with Crippen molar-refractivity contribution in [2.75, 3.05) is 37.6 Å². The van der Waals surface area contributed by atoms with Crippen LogP contribution in [0.1, 0.15) is 46.1 Å². The maximum atomic E-state index is 11.6. The van der Waals surface area contributed by atoms with Crippen molar-refractivity contribution >= 4 is 41.8 Å². The normalized spacial score (nSPS) is 14.2. The van der Waals surface area contributed by atoms with E-state index in [1.54, 1.807) is 0 Å². The van der Waals surface area contributed by atoms with Crippen molar-refractivity contribution in [1.82, 2.24) is 20.9 Å². The number of amides is 1. The quantitative estimate of drug-likeness (QED) is 0.223. The molecule has 1 saturated heterocycles.